The van der Waals surface area contributed by atoms with E-state index < -0.39 is 33.8 Å². The van der Waals surface area contributed by atoms with Crippen molar-refractivity contribution in [3.63, 3.8) is 0 Å². The van der Waals surface area contributed by atoms with Crippen LogP contribution in [-0.4, -0.2) is 32.7 Å². The van der Waals surface area contributed by atoms with E-state index in [-0.39, 0.29) is 22.1 Å². The zero-order chi connectivity index (χ0) is 22.4. The van der Waals surface area contributed by atoms with Gasteiger partial charge < -0.3 is 0 Å². The largest absolute Gasteiger partial charge is 0.431 e. The fourth-order valence-corrected chi connectivity index (χ4v) is 3.01. The van der Waals surface area contributed by atoms with Crippen molar-refractivity contribution in [2.45, 2.75) is 13.1 Å². The van der Waals surface area contributed by atoms with E-state index in [2.05, 4.69) is 15.5 Å². The molecule has 0 saturated heterocycles. The minimum atomic E-state index is -4.89. The lowest BCUT2D eigenvalue weighted by atomic mass is 10.1. The van der Waals surface area contributed by atoms with Gasteiger partial charge in [0.15, 0.2) is 0 Å². The highest BCUT2D eigenvalue weighted by Crippen LogP contribution is 2.29. The van der Waals surface area contributed by atoms with Crippen LogP contribution < -0.4 is 11.2 Å². The van der Waals surface area contributed by atoms with Gasteiger partial charge in [-0.3, -0.25) is 9.36 Å². The Labute approximate surface area is 170 Å². The number of alkyl halides is 3. The van der Waals surface area contributed by atoms with Crippen molar-refractivity contribution in [3.05, 3.63) is 61.4 Å². The zero-order valence-electron chi connectivity index (χ0n) is 15.6. The Balaban J connectivity index is 2.19. The summed E-state index contributed by atoms with van der Waals surface area (Å²) in [5.41, 5.74) is -3.80. The molecule has 1 atom stereocenters. The summed E-state index contributed by atoms with van der Waals surface area (Å²) < 4.78 is 39.1. The van der Waals surface area contributed by atoms with Crippen LogP contribution in [0, 0.1) is 0 Å². The molecule has 1 aliphatic heterocycles. The summed E-state index contributed by atoms with van der Waals surface area (Å²) >= 11 is 6.19. The van der Waals surface area contributed by atoms with Gasteiger partial charge in [0.1, 0.15) is 18.0 Å². The molecule has 0 spiro atoms. The van der Waals surface area contributed by atoms with E-state index in [1.807, 2.05) is 0 Å². The first-order chi connectivity index (χ1) is 13.8. The van der Waals surface area contributed by atoms with E-state index >= 15 is 0 Å². The van der Waals surface area contributed by atoms with Crippen molar-refractivity contribution >= 4 is 23.4 Å². The van der Waals surface area contributed by atoms with Crippen molar-refractivity contribution in [1.82, 2.24) is 9.13 Å². The minimum Gasteiger partial charge on any atom is -0.292 e. The van der Waals surface area contributed by atoms with Gasteiger partial charge in [-0.05, 0) is 18.2 Å². The molecule has 30 heavy (non-hydrogen) atoms. The molecule has 1 unspecified atom stereocenters. The van der Waals surface area contributed by atoms with Crippen molar-refractivity contribution in [2.24, 2.45) is 22.6 Å². The Morgan fingerprint density at radius 1 is 1.23 bits per heavy atom. The van der Waals surface area contributed by atoms with Gasteiger partial charge in [0, 0.05) is 25.3 Å². The second kappa shape index (κ2) is 7.18. The van der Waals surface area contributed by atoms with Crippen LogP contribution >= 0.6 is 11.6 Å². The smallest absolute Gasteiger partial charge is 0.292 e. The van der Waals surface area contributed by atoms with E-state index in [9.17, 15) is 27.6 Å². The molecule has 158 valence electrons. The summed E-state index contributed by atoms with van der Waals surface area (Å²) in [5, 5.41) is 11.0. The molecule has 0 fully saturated rings. The first-order valence-corrected chi connectivity index (χ1v) is 8.51. The van der Waals surface area contributed by atoms with Gasteiger partial charge in [-0.25, -0.2) is 19.0 Å². The number of hydrogen-bond acceptors (Lipinski definition) is 7. The van der Waals surface area contributed by atoms with Crippen molar-refractivity contribution in [2.75, 3.05) is 7.05 Å². The lowest BCUT2D eigenvalue weighted by Gasteiger charge is -2.19. The van der Waals surface area contributed by atoms with Crippen LogP contribution in [0.3, 0.4) is 0 Å². The molecule has 0 N–H and O–H groups in total. The Kier molecular flexibility index (Phi) is 5.12. The number of aromatic nitrogens is 2. The van der Waals surface area contributed by atoms with Crippen LogP contribution in [0.2, 0.25) is 5.02 Å². The number of quaternary nitrogens is 1. The zero-order valence-corrected chi connectivity index (χ0v) is 16.4. The number of amidine groups is 1. The molecule has 1 aromatic carbocycles. The Morgan fingerprint density at radius 3 is 2.50 bits per heavy atom. The molecule has 1 aliphatic rings. The predicted octanol–water partition coefficient (Wildman–Crippen LogP) is 2.18. The molecule has 1 aromatic heterocycles. The number of carbonyl (C=O) groups excluding carboxylic acids is 1. The van der Waals surface area contributed by atoms with E-state index in [4.69, 9.17) is 16.4 Å². The summed E-state index contributed by atoms with van der Waals surface area (Å²) in [6.07, 6.45) is -4.89. The molecule has 0 aliphatic carbocycles. The number of rotatable bonds is 3. The number of nitrogens with zero attached hydrogens (tertiary/aromatic N) is 6. The summed E-state index contributed by atoms with van der Waals surface area (Å²) in [4.78, 5) is 41.3. The molecule has 3 rings (SSSR count). The highest BCUT2D eigenvalue weighted by atomic mass is 35.5. The van der Waals surface area contributed by atoms with Gasteiger partial charge in [0.2, 0.25) is 0 Å². The molecule has 0 amide bonds. The lowest BCUT2D eigenvalue weighted by Crippen LogP contribution is -2.44. The fraction of sp³-hybridized carbons (Fsp3) is 0.250. The van der Waals surface area contributed by atoms with Crippen LogP contribution in [0.15, 0.2) is 49.4 Å². The number of carbonyl (C=O) groups is 1. The summed E-state index contributed by atoms with van der Waals surface area (Å²) in [7, 11) is 2.23. The molecule has 2 heterocycles. The van der Waals surface area contributed by atoms with Gasteiger partial charge in [0.25, 0.3) is 5.56 Å². The van der Waals surface area contributed by atoms with Gasteiger partial charge >= 0.3 is 23.7 Å². The van der Waals surface area contributed by atoms with Gasteiger partial charge in [-0.2, -0.15) is 13.2 Å². The maximum atomic E-state index is 13.0. The Bertz CT molecular complexity index is 1230. The lowest BCUT2D eigenvalue weighted by molar-refractivity contribution is -1.01. The second-order valence-corrected chi connectivity index (χ2v) is 6.68. The summed E-state index contributed by atoms with van der Waals surface area (Å²) in [6, 6.07) is 4.11. The molecule has 2 aromatic rings. The minimum absolute atomic E-state index is 0.0474. The third-order valence-corrected chi connectivity index (χ3v) is 4.44. The van der Waals surface area contributed by atoms with Crippen LogP contribution in [0.1, 0.15) is 18.2 Å². The molecule has 0 bridgehead atoms. The fourth-order valence-electron chi connectivity index (χ4n) is 2.81. The van der Waals surface area contributed by atoms with E-state index in [0.29, 0.717) is 15.2 Å². The topological polar surface area (TPSA) is 107 Å². The quantitative estimate of drug-likeness (QED) is 0.675. The standard InChI is InChI=1S/C16H13ClF3N6O4/c1-8(27)30-26(3)14(21-22-23-26)10-6-9(4-5-11(10)17)25-13(28)7-12(16(18,19)20)24(2)15(25)29/h4-7H,1-3H3/q+1. The normalized spacial score (nSPS) is 18.4. The third-order valence-electron chi connectivity index (χ3n) is 4.11. The monoisotopic (exact) mass is 445 g/mol. The van der Waals surface area contributed by atoms with Crippen LogP contribution in [-0.2, 0) is 22.9 Å². The molecular weight excluding hydrogens is 433 g/mol. The highest BCUT2D eigenvalue weighted by Gasteiger charge is 2.42. The maximum absolute atomic E-state index is 13.0. The van der Waals surface area contributed by atoms with E-state index in [0.717, 1.165) is 14.0 Å². The first kappa shape index (κ1) is 21.4. The maximum Gasteiger partial charge on any atom is 0.431 e. The Hall–Kier alpha value is -3.32. The number of hydrogen-bond donors (Lipinski definition) is 0. The molecule has 14 heteroatoms. The average Bonchev–Trinajstić information content (AvgIpc) is 2.98. The van der Waals surface area contributed by atoms with E-state index in [1.54, 1.807) is 0 Å². The SMILES string of the molecule is CC(=O)O[N+]1(C)N=NN=C1c1cc(-n2c(=O)cc(C(F)(F)F)n(C)c2=O)ccc1Cl. The van der Waals surface area contributed by atoms with Crippen molar-refractivity contribution < 1.29 is 27.6 Å². The van der Waals surface area contributed by atoms with Crippen molar-refractivity contribution in [3.8, 4) is 5.69 Å². The first-order valence-electron chi connectivity index (χ1n) is 8.13. The van der Waals surface area contributed by atoms with E-state index in [1.165, 1.54) is 25.2 Å². The molecule has 0 radical (unpaired) electrons. The number of benzene rings is 1. The van der Waals surface area contributed by atoms with Crippen molar-refractivity contribution in [1.29, 1.82) is 0 Å². The summed E-state index contributed by atoms with van der Waals surface area (Å²) in [5.74, 6) is -0.750. The van der Waals surface area contributed by atoms with Crippen LogP contribution in [0.4, 0.5) is 13.2 Å². The molecule has 10 nitrogen and oxygen atoms in total. The van der Waals surface area contributed by atoms with Gasteiger partial charge in [0.05, 0.1) is 21.0 Å². The van der Waals surface area contributed by atoms with Crippen LogP contribution in [0.5, 0.6) is 0 Å². The molecule has 0 saturated carbocycles. The van der Waals surface area contributed by atoms with Gasteiger partial charge in [-0.15, -0.1) is 0 Å². The van der Waals surface area contributed by atoms with Crippen LogP contribution in [0.25, 0.3) is 5.69 Å². The highest BCUT2D eigenvalue weighted by molar-refractivity contribution is 6.33. The third kappa shape index (κ3) is 3.64. The number of hydroxylamine groups is 2. The Morgan fingerprint density at radius 2 is 1.90 bits per heavy atom. The molecular formula is C16H13ClF3N6O4+. The average molecular weight is 446 g/mol. The predicted molar refractivity (Wildman–Crippen MR) is 96.6 cm³/mol. The summed E-state index contributed by atoms with van der Waals surface area (Å²) in [6.45, 7) is 1.14. The number of halogens is 4. The van der Waals surface area contributed by atoms with Gasteiger partial charge in [-0.1, -0.05) is 16.7 Å². The second-order valence-electron chi connectivity index (χ2n) is 6.27.